The van der Waals surface area contributed by atoms with Gasteiger partial charge in [-0.15, -0.1) is 0 Å². The van der Waals surface area contributed by atoms with Crippen LogP contribution < -0.4 is 4.74 Å². The maximum Gasteiger partial charge on any atom is 0.253 e. The maximum atomic E-state index is 12.9. The first-order valence-electron chi connectivity index (χ1n) is 9.95. The average Bonchev–Trinajstić information content (AvgIpc) is 2.72. The summed E-state index contributed by atoms with van der Waals surface area (Å²) in [6.45, 7) is 6.89. The molecule has 0 aromatic heterocycles. The Morgan fingerprint density at radius 1 is 1.07 bits per heavy atom. The molecule has 8 heteroatoms. The van der Waals surface area contributed by atoms with E-state index in [4.69, 9.17) is 4.74 Å². The number of carbonyl (C=O) groups excluding carboxylic acids is 1. The third-order valence-electron chi connectivity index (χ3n) is 4.85. The van der Waals surface area contributed by atoms with E-state index in [2.05, 4.69) is 0 Å². The van der Waals surface area contributed by atoms with Crippen LogP contribution in [-0.4, -0.2) is 56.8 Å². The highest BCUT2D eigenvalue weighted by Gasteiger charge is 2.24. The van der Waals surface area contributed by atoms with Gasteiger partial charge in [0.25, 0.3) is 5.91 Å². The Morgan fingerprint density at radius 2 is 1.70 bits per heavy atom. The zero-order chi connectivity index (χ0) is 22.3. The highest BCUT2D eigenvalue weighted by atomic mass is 32.2. The molecule has 164 valence electrons. The molecule has 30 heavy (non-hydrogen) atoms. The molecule has 0 aliphatic carbocycles. The molecule has 0 atom stereocenters. The second-order valence-electron chi connectivity index (χ2n) is 6.95. The number of nitrogens with zero attached hydrogens (tertiary/aromatic N) is 2. The number of amides is 1. The fraction of sp³-hybridized carbons (Fsp3) is 0.409. The fourth-order valence-electron chi connectivity index (χ4n) is 3.03. The second-order valence-corrected chi connectivity index (χ2v) is 8.89. The Kier molecular flexibility index (Phi) is 8.37. The first-order chi connectivity index (χ1) is 14.2. The molecule has 0 saturated heterocycles. The van der Waals surface area contributed by atoms with Gasteiger partial charge in [-0.05, 0) is 55.3 Å². The van der Waals surface area contributed by atoms with E-state index < -0.39 is 10.0 Å². The number of sulfonamides is 1. The minimum atomic E-state index is -3.64. The van der Waals surface area contributed by atoms with Crippen molar-refractivity contribution in [2.75, 3.05) is 33.3 Å². The summed E-state index contributed by atoms with van der Waals surface area (Å²) in [6.07, 6.45) is 0.579. The molecule has 0 spiro atoms. The molecular weight excluding hydrogens is 407 g/mol. The highest BCUT2D eigenvalue weighted by molar-refractivity contribution is 7.89. The van der Waals surface area contributed by atoms with Gasteiger partial charge in [-0.3, -0.25) is 4.79 Å². The predicted molar refractivity (Wildman–Crippen MR) is 115 cm³/mol. The Hall–Kier alpha value is -2.45. The summed E-state index contributed by atoms with van der Waals surface area (Å²) in [5, 5.41) is 0. The molecule has 2 aromatic carbocycles. The molecule has 2 rings (SSSR count). The number of halogens is 1. The molecule has 1 amide bonds. The lowest BCUT2D eigenvalue weighted by Crippen LogP contribution is -2.32. The third kappa shape index (κ3) is 5.79. The number of hydrogen-bond donors (Lipinski definition) is 0. The van der Waals surface area contributed by atoms with E-state index in [0.717, 1.165) is 0 Å². The Bertz CT molecular complexity index is 958. The van der Waals surface area contributed by atoms with E-state index in [1.165, 1.54) is 28.6 Å². The van der Waals surface area contributed by atoms with Gasteiger partial charge in [-0.1, -0.05) is 19.9 Å². The minimum absolute atomic E-state index is 0.119. The molecule has 0 fully saturated rings. The van der Waals surface area contributed by atoms with Crippen molar-refractivity contribution in [1.29, 1.82) is 0 Å². The average molecular weight is 437 g/mol. The van der Waals surface area contributed by atoms with Crippen LogP contribution in [0.5, 0.6) is 5.75 Å². The lowest BCUT2D eigenvalue weighted by Gasteiger charge is -2.21. The predicted octanol–water partition coefficient (Wildman–Crippen LogP) is 3.71. The van der Waals surface area contributed by atoms with Crippen LogP contribution in [-0.2, 0) is 10.0 Å². The molecule has 0 aliphatic rings. The number of benzene rings is 2. The summed E-state index contributed by atoms with van der Waals surface area (Å²) in [7, 11) is -1.97. The van der Waals surface area contributed by atoms with E-state index in [0.29, 0.717) is 49.5 Å². The van der Waals surface area contributed by atoms with Gasteiger partial charge in [0.1, 0.15) is 11.6 Å². The van der Waals surface area contributed by atoms with Gasteiger partial charge in [0.05, 0.1) is 11.5 Å². The second kappa shape index (κ2) is 10.5. The van der Waals surface area contributed by atoms with Gasteiger partial charge in [0, 0.05) is 32.2 Å². The molecule has 0 saturated carbocycles. The highest BCUT2D eigenvalue weighted by Crippen LogP contribution is 2.21. The van der Waals surface area contributed by atoms with Gasteiger partial charge >= 0.3 is 0 Å². The molecule has 6 nitrogen and oxygen atoms in total. The summed E-state index contributed by atoms with van der Waals surface area (Å²) in [4.78, 5) is 14.6. The van der Waals surface area contributed by atoms with E-state index in [-0.39, 0.29) is 16.6 Å². The van der Waals surface area contributed by atoms with E-state index in [9.17, 15) is 17.6 Å². The molecule has 0 bridgehead atoms. The van der Waals surface area contributed by atoms with Crippen LogP contribution >= 0.6 is 0 Å². The van der Waals surface area contributed by atoms with Crippen molar-refractivity contribution in [1.82, 2.24) is 9.21 Å². The normalized spacial score (nSPS) is 11.5. The summed E-state index contributed by atoms with van der Waals surface area (Å²) in [5.74, 6) is -0.00491. The van der Waals surface area contributed by atoms with Crippen LogP contribution in [0.1, 0.15) is 36.2 Å². The minimum Gasteiger partial charge on any atom is -0.494 e. The van der Waals surface area contributed by atoms with Crippen molar-refractivity contribution in [2.24, 2.45) is 0 Å². The van der Waals surface area contributed by atoms with Crippen molar-refractivity contribution >= 4 is 15.9 Å². The standard InChI is InChI=1S/C22H29FN2O4S/c1-5-25(6-2)30(27,28)20-13-8-17(3)21(16-20)22(26)24(4)14-7-15-29-19-11-9-18(23)10-12-19/h8-13,16H,5-7,14-15H2,1-4H3. The van der Waals surface area contributed by atoms with Crippen LogP contribution in [0.25, 0.3) is 0 Å². The van der Waals surface area contributed by atoms with E-state index in [1.807, 2.05) is 0 Å². The largest absolute Gasteiger partial charge is 0.494 e. The van der Waals surface area contributed by atoms with Crippen molar-refractivity contribution in [3.05, 3.63) is 59.4 Å². The third-order valence-corrected chi connectivity index (χ3v) is 6.90. The summed E-state index contributed by atoms with van der Waals surface area (Å²) >= 11 is 0. The number of hydrogen-bond acceptors (Lipinski definition) is 4. The summed E-state index contributed by atoms with van der Waals surface area (Å²) < 4.78 is 45.4. The zero-order valence-corrected chi connectivity index (χ0v) is 18.7. The van der Waals surface area contributed by atoms with Crippen molar-refractivity contribution in [2.45, 2.75) is 32.1 Å². The van der Waals surface area contributed by atoms with Gasteiger partial charge in [0.2, 0.25) is 10.0 Å². The van der Waals surface area contributed by atoms with Crippen LogP contribution in [0.2, 0.25) is 0 Å². The molecule has 0 heterocycles. The molecule has 0 radical (unpaired) electrons. The lowest BCUT2D eigenvalue weighted by atomic mass is 10.1. The maximum absolute atomic E-state index is 12.9. The van der Waals surface area contributed by atoms with Crippen LogP contribution in [0, 0.1) is 12.7 Å². The zero-order valence-electron chi connectivity index (χ0n) is 17.9. The Balaban J connectivity index is 2.03. The van der Waals surface area contributed by atoms with Crippen molar-refractivity contribution in [3.63, 3.8) is 0 Å². The fourth-order valence-corrected chi connectivity index (χ4v) is 4.52. The SMILES string of the molecule is CCN(CC)S(=O)(=O)c1ccc(C)c(C(=O)N(C)CCCOc2ccc(F)cc2)c1. The topological polar surface area (TPSA) is 66.9 Å². The smallest absolute Gasteiger partial charge is 0.253 e. The molecule has 2 aromatic rings. The van der Waals surface area contributed by atoms with E-state index in [1.54, 1.807) is 50.9 Å². The molecule has 0 aliphatic heterocycles. The summed E-state index contributed by atoms with van der Waals surface area (Å²) in [6, 6.07) is 10.4. The molecular formula is C22H29FN2O4S. The lowest BCUT2D eigenvalue weighted by molar-refractivity contribution is 0.0787. The summed E-state index contributed by atoms with van der Waals surface area (Å²) in [5.41, 5.74) is 1.08. The number of rotatable bonds is 10. The van der Waals surface area contributed by atoms with Gasteiger partial charge < -0.3 is 9.64 Å². The first kappa shape index (κ1) is 23.8. The quantitative estimate of drug-likeness (QED) is 0.533. The Morgan fingerprint density at radius 3 is 2.30 bits per heavy atom. The molecule has 0 unspecified atom stereocenters. The first-order valence-corrected chi connectivity index (χ1v) is 11.4. The van der Waals surface area contributed by atoms with E-state index >= 15 is 0 Å². The van der Waals surface area contributed by atoms with Crippen LogP contribution in [0.15, 0.2) is 47.4 Å². The van der Waals surface area contributed by atoms with Gasteiger partial charge in [-0.2, -0.15) is 4.31 Å². The number of carbonyl (C=O) groups is 1. The van der Waals surface area contributed by atoms with Gasteiger partial charge in [-0.25, -0.2) is 12.8 Å². The van der Waals surface area contributed by atoms with Gasteiger partial charge in [0.15, 0.2) is 0 Å². The van der Waals surface area contributed by atoms with Crippen molar-refractivity contribution < 1.29 is 22.3 Å². The van der Waals surface area contributed by atoms with Crippen molar-refractivity contribution in [3.8, 4) is 5.75 Å². The number of aryl methyl sites for hydroxylation is 1. The van der Waals surface area contributed by atoms with Crippen LogP contribution in [0.3, 0.4) is 0 Å². The molecule has 0 N–H and O–H groups in total. The monoisotopic (exact) mass is 436 g/mol. The van der Waals surface area contributed by atoms with Crippen LogP contribution in [0.4, 0.5) is 4.39 Å². The number of ether oxygens (including phenoxy) is 1. The Labute approximate surface area is 178 Å².